The van der Waals surface area contributed by atoms with Gasteiger partial charge in [0.05, 0.1) is 107 Å². The minimum Gasteiger partial charge on any atom is -0.469 e. The zero-order chi connectivity index (χ0) is 107. The van der Waals surface area contributed by atoms with Crippen LogP contribution in [0.3, 0.4) is 0 Å². The molecule has 2 heterocycles. The number of halogens is 1. The van der Waals surface area contributed by atoms with Crippen molar-refractivity contribution < 1.29 is 77.9 Å². The standard InChI is InChI=1S/C35H56O4.C32H52O4.C31H49IO4.C31H48O4/c1-21-13-16-35(29(36)37-10)18-17-33(8)24(27(35)23(21)3)11-12-26-31(6)19-22(2)28-32(7,20-38-30(4,5)39-28)25(31)14-15-34(26,33)9;1-19-11-14-32(27(35)36-8)16-15-30(6)22(25(32)21(19)3)9-10-24-28(4)17-20(2)26(34)29(5,18-33)23(28)12-13-31(24,30)7;1-18-10-13-31(26(35)36-7)15-14-29(5)20(24(31)19(18)2)8-9-23-27(3)16-21(32)25(34)28(4,17-33)22(27)11-12-30(23,29)6;1-18-10-13-31(26(33)34-7)15-14-29(5)20(24(31)19(18)2)8-9-23-27(3)16-21-25(35-21)28(4,17-32)22(27)11-12-30(23,29)6/h11,21-23,25-28H,12-20H2,1-10H3;9,19-21,23-26,33-34H,10-18H2,1-8H3;8,18-19,21-25,33-34H,9-17H2,1-7H3;8,18-19,21-25,32H,9-17H2,1-7H3/t21-,22-,23+,25?,26?,27?,28?,31+,32-,33-,34-,35?;19-,20-,21+,23?,24?,25?,26?,28+,29-,30-,31-,32?;2*18-,19+,21?,22?,23?,24?,25?,27+,28+,29-,30-,31+/m1111/s1. The molecule has 22 aliphatic rings. The summed E-state index contributed by atoms with van der Waals surface area (Å²) in [6, 6.07) is 0. The summed E-state index contributed by atoms with van der Waals surface area (Å²) in [5.41, 5.74) is 5.59. The number of carbonyl (C=O) groups excluding carboxylic acids is 4. The third kappa shape index (κ3) is 14.6. The van der Waals surface area contributed by atoms with Gasteiger partial charge in [-0.15, -0.1) is 0 Å². The number of carbonyl (C=O) groups is 4. The molecule has 0 bridgehead atoms. The molecule has 0 radical (unpaired) electrons. The number of ether oxygens (including phenoxy) is 7. The SMILES string of the molecule is COC(=O)C12CC[C@@H](C)[C@H](C)C1C1=CCC3[C@@]4(C)C[C@@H](C)C(O)[C@](C)(CO)C4CC[C@@]3(C)[C@]1(C)CC2.COC(=O)C12CC[C@@H](C)[C@H](C)C1C1=CCC3[C@@]4(C)C[C@@H](C)C5OC(C)(C)OC[C@]5(C)C4CC[C@@]3(C)[C@]1(C)CC2.COC(=O)[C@]12CC[C@@H](C)[C@H](C)C1C1=CCC3[C@@]4(C)CC(I)C(O)[C@@](C)(CO)C4CC[C@@]3(C)[C@]1(C)CC2.COC(=O)[C@]12CC[C@@H](C)[C@H](C)C1C1=CCC3[C@@]4(C)CC5OC5[C@@](C)(CO)C4CC[C@@]3(C)[C@]1(C)CC2. The van der Waals surface area contributed by atoms with Gasteiger partial charge in [-0.1, -0.05) is 249 Å². The first-order chi connectivity index (χ1) is 68.1. The van der Waals surface area contributed by atoms with E-state index in [0.29, 0.717) is 119 Å². The second kappa shape index (κ2) is 36.7. The summed E-state index contributed by atoms with van der Waals surface area (Å²) in [5.74, 6) is 9.90. The lowest BCUT2D eigenvalue weighted by Gasteiger charge is -2.73. The highest BCUT2D eigenvalue weighted by Crippen LogP contribution is 2.84. The number of aliphatic hydroxyl groups is 5. The summed E-state index contributed by atoms with van der Waals surface area (Å²) < 4.78 is 41.5. The number of methoxy groups -OCH3 is 4. The van der Waals surface area contributed by atoms with Gasteiger partial charge in [-0.3, -0.25) is 19.2 Å². The number of rotatable bonds is 7. The summed E-state index contributed by atoms with van der Waals surface area (Å²) in [7, 11) is 6.36. The summed E-state index contributed by atoms with van der Waals surface area (Å²) in [5, 5.41) is 54.1. The van der Waals surface area contributed by atoms with Crippen molar-refractivity contribution in [1.29, 1.82) is 0 Å². The van der Waals surface area contributed by atoms with Gasteiger partial charge in [0.25, 0.3) is 0 Å². The maximum atomic E-state index is 13.5. The van der Waals surface area contributed by atoms with E-state index in [1.54, 1.807) is 50.7 Å². The molecule has 146 heavy (non-hydrogen) atoms. The van der Waals surface area contributed by atoms with Crippen LogP contribution >= 0.6 is 22.6 Å². The smallest absolute Gasteiger partial charge is 0.312 e. The average Bonchev–Trinajstić information content (AvgIpc) is 1.40. The number of hydrogen-bond donors (Lipinski definition) is 5. The second-order valence-electron chi connectivity index (χ2n) is 61.2. The molecule has 0 aromatic rings. The molecule has 18 fully saturated rings. The number of allylic oxidation sites excluding steroid dienone is 8. The zero-order valence-electron chi connectivity index (χ0n) is 97.5. The largest absolute Gasteiger partial charge is 0.469 e. The molecule has 16 nitrogen and oxygen atoms in total. The molecule has 48 atom stereocenters. The number of alkyl halides is 1. The third-order valence-electron chi connectivity index (χ3n) is 56.2. The van der Waals surface area contributed by atoms with E-state index in [2.05, 4.69) is 241 Å². The fraction of sp³-hybridized carbons (Fsp3) is 0.907. The minimum absolute atomic E-state index is 0.0184. The Morgan fingerprint density at radius 2 is 0.603 bits per heavy atom. The van der Waals surface area contributed by atoms with E-state index in [0.717, 1.165) is 180 Å². The molecule has 20 aliphatic carbocycles. The van der Waals surface area contributed by atoms with Crippen molar-refractivity contribution in [1.82, 2.24) is 0 Å². The van der Waals surface area contributed by atoms with Gasteiger partial charge in [0.1, 0.15) is 0 Å². The third-order valence-corrected chi connectivity index (χ3v) is 57.3. The van der Waals surface area contributed by atoms with Crippen molar-refractivity contribution in [3.05, 3.63) is 46.6 Å². The lowest BCUT2D eigenvalue weighted by Crippen LogP contribution is -2.69. The van der Waals surface area contributed by atoms with Crippen LogP contribution in [-0.2, 0) is 52.3 Å². The van der Waals surface area contributed by atoms with Crippen LogP contribution in [0.25, 0.3) is 0 Å². The lowest BCUT2D eigenvalue weighted by atomic mass is 9.32. The van der Waals surface area contributed by atoms with E-state index in [9.17, 15) is 44.7 Å². The molecule has 2 aliphatic heterocycles. The molecule has 0 amide bonds. The average molecular weight is 2140 g/mol. The van der Waals surface area contributed by atoms with Gasteiger partial charge in [-0.2, -0.15) is 0 Å². The van der Waals surface area contributed by atoms with E-state index in [4.69, 9.17) is 33.2 Å². The number of esters is 4. The lowest BCUT2D eigenvalue weighted by molar-refractivity contribution is -0.361. The van der Waals surface area contributed by atoms with Crippen LogP contribution < -0.4 is 0 Å². The molecular formula is C129H205IO16. The Kier molecular flexibility index (Phi) is 28.0. The maximum absolute atomic E-state index is 13.5. The topological polar surface area (TPSA) is 237 Å². The summed E-state index contributed by atoms with van der Waals surface area (Å²) in [6.07, 6.45) is 44.8. The van der Waals surface area contributed by atoms with Crippen LogP contribution in [0.4, 0.5) is 0 Å². The van der Waals surface area contributed by atoms with E-state index < -0.39 is 28.8 Å². The highest BCUT2D eigenvalue weighted by Gasteiger charge is 2.80. The van der Waals surface area contributed by atoms with Crippen molar-refractivity contribution in [3.63, 3.8) is 0 Å². The minimum atomic E-state index is -0.493. The zero-order valence-corrected chi connectivity index (χ0v) is 99.7. The van der Waals surface area contributed by atoms with Crippen molar-refractivity contribution in [2.24, 2.45) is 238 Å². The van der Waals surface area contributed by atoms with Gasteiger partial charge >= 0.3 is 23.9 Å². The Balaban J connectivity index is 0.000000123. The van der Waals surface area contributed by atoms with E-state index in [1.165, 1.54) is 32.1 Å². The number of epoxide rings is 1. The predicted octanol–water partition coefficient (Wildman–Crippen LogP) is 27.3. The number of fused-ring (bicyclic) bond motifs is 31. The van der Waals surface area contributed by atoms with Crippen LogP contribution in [0.5, 0.6) is 0 Å². The van der Waals surface area contributed by atoms with Gasteiger partial charge in [-0.25, -0.2) is 0 Å². The van der Waals surface area contributed by atoms with E-state index in [1.807, 2.05) is 0 Å². The molecule has 20 unspecified atom stereocenters. The van der Waals surface area contributed by atoms with Crippen LogP contribution in [0.15, 0.2) is 46.6 Å². The van der Waals surface area contributed by atoms with Crippen LogP contribution in [-0.4, -0.2) is 145 Å². The Bertz CT molecular complexity index is 5000. The molecule has 0 aromatic carbocycles. The van der Waals surface area contributed by atoms with Crippen molar-refractivity contribution >= 4 is 46.5 Å². The molecule has 17 heteroatoms. The van der Waals surface area contributed by atoms with E-state index >= 15 is 0 Å². The molecule has 824 valence electrons. The molecule has 5 N–H and O–H groups in total. The van der Waals surface area contributed by atoms with Gasteiger partial charge in [0.2, 0.25) is 0 Å². The van der Waals surface area contributed by atoms with Gasteiger partial charge < -0.3 is 58.7 Å². The molecule has 2 saturated heterocycles. The quantitative estimate of drug-likeness (QED) is 0.0398. The highest BCUT2D eigenvalue weighted by molar-refractivity contribution is 14.1. The normalized spacial score (nSPS) is 56.8. The first kappa shape index (κ1) is 111. The fourth-order valence-corrected chi connectivity index (χ4v) is 48.6. The van der Waals surface area contributed by atoms with Gasteiger partial charge in [0, 0.05) is 25.6 Å². The number of aliphatic hydroxyl groups excluding tert-OH is 5. The monoisotopic (exact) mass is 2140 g/mol. The fourth-order valence-electron chi connectivity index (χ4n) is 46.8. The summed E-state index contributed by atoms with van der Waals surface area (Å²) >= 11 is 2.45. The first-order valence-corrected chi connectivity index (χ1v) is 61.3. The Morgan fingerprint density at radius 1 is 0.322 bits per heavy atom. The summed E-state index contributed by atoms with van der Waals surface area (Å²) in [4.78, 5) is 53.8. The molecule has 0 aromatic heterocycles. The van der Waals surface area contributed by atoms with Gasteiger partial charge in [0.15, 0.2) is 5.79 Å². The second-order valence-corrected chi connectivity index (χ2v) is 62.8. The summed E-state index contributed by atoms with van der Waals surface area (Å²) in [6.45, 7) is 69.0. The van der Waals surface area contributed by atoms with Crippen molar-refractivity contribution in [2.45, 2.75) is 440 Å². The van der Waals surface area contributed by atoms with Crippen LogP contribution in [0, 0.1) is 238 Å². The molecule has 0 spiro atoms. The Morgan fingerprint density at radius 3 is 0.918 bits per heavy atom. The van der Waals surface area contributed by atoms with Crippen molar-refractivity contribution in [2.75, 3.05) is 54.9 Å². The van der Waals surface area contributed by atoms with E-state index in [-0.39, 0.29) is 175 Å². The van der Waals surface area contributed by atoms with Crippen LogP contribution in [0.2, 0.25) is 0 Å². The highest BCUT2D eigenvalue weighted by atomic mass is 127. The van der Waals surface area contributed by atoms with Crippen molar-refractivity contribution in [3.8, 4) is 0 Å². The first-order valence-electron chi connectivity index (χ1n) is 60.0. The maximum Gasteiger partial charge on any atom is 0.312 e. The Labute approximate surface area is 897 Å². The molecule has 22 rings (SSSR count). The number of hydrogen-bond acceptors (Lipinski definition) is 16. The molecule has 16 saturated carbocycles. The Hall–Kier alpha value is -2.75. The van der Waals surface area contributed by atoms with Crippen LogP contribution in [0.1, 0.15) is 399 Å². The predicted molar refractivity (Wildman–Crippen MR) is 586 cm³/mol. The van der Waals surface area contributed by atoms with Gasteiger partial charge in [-0.05, 0) is 414 Å². The molecular weight excluding hydrogens is 1930 g/mol.